The summed E-state index contributed by atoms with van der Waals surface area (Å²) in [5, 5.41) is 12.8. The molecular weight excluding hydrogens is 600 g/mol. The highest BCUT2D eigenvalue weighted by atomic mass is 16.6. The summed E-state index contributed by atoms with van der Waals surface area (Å²) in [5.41, 5.74) is 4.51. The number of carbonyl (C=O) groups is 7. The Balaban J connectivity index is 2.73. The highest BCUT2D eigenvalue weighted by Gasteiger charge is 2.37. The van der Waals surface area contributed by atoms with Gasteiger partial charge >= 0.3 is 6.09 Å². The van der Waals surface area contributed by atoms with Gasteiger partial charge in [0.25, 0.3) is 5.91 Å². The van der Waals surface area contributed by atoms with Crippen LogP contribution in [0.3, 0.4) is 0 Å². The fourth-order valence-corrected chi connectivity index (χ4v) is 4.45. The number of hydrogen-bond acceptors (Lipinski definition) is 9. The van der Waals surface area contributed by atoms with Crippen molar-refractivity contribution in [1.82, 2.24) is 42.3 Å². The Labute approximate surface area is 271 Å². The average molecular weight is 655 g/mol. The standard InChI is InChI=1S/C30H54N8O8/c1-15(2)22(27(43)33-18(6)24(40)32-17(5)23(39)31-16(3)4)36-37-26(42)21-13-12-14-38(21)28(44)20(8)34-25(41)19(7)35-29(45)46-30(9,10)11/h15-22,36H,12-14H2,1-11H3,(H,31,39)(H,32,40)(H,33,43)(H,34,41)(H,35,45)(H,37,42)/t17-,18-,19-,20-,21-,22-/m0/s1. The number of ether oxygens (including phenoxy) is 1. The first-order valence-electron chi connectivity index (χ1n) is 15.7. The van der Waals surface area contributed by atoms with Crippen molar-refractivity contribution in [2.45, 2.75) is 137 Å². The van der Waals surface area contributed by atoms with Crippen molar-refractivity contribution in [1.29, 1.82) is 0 Å². The summed E-state index contributed by atoms with van der Waals surface area (Å²) in [4.78, 5) is 90.0. The third-order valence-electron chi connectivity index (χ3n) is 6.93. The number of hydrogen-bond donors (Lipinski definition) is 7. The second kappa shape index (κ2) is 17.7. The molecule has 7 amide bonds. The van der Waals surface area contributed by atoms with Crippen LogP contribution in [0.5, 0.6) is 0 Å². The van der Waals surface area contributed by atoms with Gasteiger partial charge < -0.3 is 36.2 Å². The number of hydrazine groups is 1. The van der Waals surface area contributed by atoms with Crippen molar-refractivity contribution in [3.63, 3.8) is 0 Å². The Kier molecular flexibility index (Phi) is 15.4. The summed E-state index contributed by atoms with van der Waals surface area (Å²) in [6.45, 7) is 18.4. The second-order valence-electron chi connectivity index (χ2n) is 13.3. The molecule has 16 nitrogen and oxygen atoms in total. The van der Waals surface area contributed by atoms with E-state index in [0.29, 0.717) is 12.8 Å². The van der Waals surface area contributed by atoms with Gasteiger partial charge in [-0.05, 0) is 81.1 Å². The minimum atomic E-state index is -0.988. The topological polar surface area (TPSA) is 216 Å². The van der Waals surface area contributed by atoms with Crippen molar-refractivity contribution < 1.29 is 38.3 Å². The minimum Gasteiger partial charge on any atom is -0.444 e. The van der Waals surface area contributed by atoms with Crippen molar-refractivity contribution in [2.75, 3.05) is 6.54 Å². The van der Waals surface area contributed by atoms with Crippen molar-refractivity contribution in [2.24, 2.45) is 5.92 Å². The third kappa shape index (κ3) is 13.2. The number of likely N-dealkylation sites (tertiary alicyclic amines) is 1. The van der Waals surface area contributed by atoms with Gasteiger partial charge in [0.1, 0.15) is 41.9 Å². The number of rotatable bonds is 14. The summed E-state index contributed by atoms with van der Waals surface area (Å²) in [7, 11) is 0. The molecule has 6 atom stereocenters. The van der Waals surface area contributed by atoms with E-state index in [-0.39, 0.29) is 24.4 Å². The number of nitrogens with zero attached hydrogens (tertiary/aromatic N) is 1. The maximum Gasteiger partial charge on any atom is 0.408 e. The molecule has 1 rings (SSSR count). The first-order chi connectivity index (χ1) is 21.1. The predicted molar refractivity (Wildman–Crippen MR) is 170 cm³/mol. The Morgan fingerprint density at radius 3 is 1.65 bits per heavy atom. The van der Waals surface area contributed by atoms with Gasteiger partial charge in [0, 0.05) is 12.6 Å². The lowest BCUT2D eigenvalue weighted by Gasteiger charge is -2.29. The monoisotopic (exact) mass is 654 g/mol. The minimum absolute atomic E-state index is 0.0978. The van der Waals surface area contributed by atoms with Crippen LogP contribution < -0.4 is 37.4 Å². The zero-order valence-corrected chi connectivity index (χ0v) is 29.0. The van der Waals surface area contributed by atoms with Crippen molar-refractivity contribution >= 4 is 41.5 Å². The predicted octanol–water partition coefficient (Wildman–Crippen LogP) is -0.425. The smallest absolute Gasteiger partial charge is 0.408 e. The number of amides is 7. The summed E-state index contributed by atoms with van der Waals surface area (Å²) in [6.07, 6.45) is 0.148. The second-order valence-corrected chi connectivity index (χ2v) is 13.3. The van der Waals surface area contributed by atoms with E-state index in [1.165, 1.54) is 32.6 Å². The summed E-state index contributed by atoms with van der Waals surface area (Å²) >= 11 is 0. The molecule has 0 bridgehead atoms. The Morgan fingerprint density at radius 1 is 0.674 bits per heavy atom. The lowest BCUT2D eigenvalue weighted by atomic mass is 10.0. The fourth-order valence-electron chi connectivity index (χ4n) is 4.45. The van der Waals surface area contributed by atoms with Crippen LogP contribution in [0.1, 0.15) is 89.0 Å². The van der Waals surface area contributed by atoms with Crippen molar-refractivity contribution in [3.05, 3.63) is 0 Å². The number of nitrogens with one attached hydrogen (secondary N) is 7. The van der Waals surface area contributed by atoms with Gasteiger partial charge in [-0.25, -0.2) is 10.2 Å². The average Bonchev–Trinajstić information content (AvgIpc) is 3.40. The molecule has 0 aromatic rings. The molecule has 0 aliphatic carbocycles. The molecule has 262 valence electrons. The zero-order valence-electron chi connectivity index (χ0n) is 29.0. The zero-order chi connectivity index (χ0) is 35.5. The van der Waals surface area contributed by atoms with Crippen LogP contribution in [0.2, 0.25) is 0 Å². The highest BCUT2D eigenvalue weighted by molar-refractivity contribution is 5.95. The first-order valence-corrected chi connectivity index (χ1v) is 15.7. The molecule has 1 heterocycles. The van der Waals surface area contributed by atoms with E-state index in [9.17, 15) is 33.6 Å². The summed E-state index contributed by atoms with van der Waals surface area (Å²) < 4.78 is 5.15. The van der Waals surface area contributed by atoms with Crippen LogP contribution in [0, 0.1) is 5.92 Å². The third-order valence-corrected chi connectivity index (χ3v) is 6.93. The molecular formula is C30H54N8O8. The van der Waals surface area contributed by atoms with E-state index < -0.39 is 77.5 Å². The van der Waals surface area contributed by atoms with Gasteiger partial charge in [-0.1, -0.05) is 13.8 Å². The Bertz CT molecular complexity index is 1120. The lowest BCUT2D eigenvalue weighted by molar-refractivity contribution is -0.141. The van der Waals surface area contributed by atoms with Crippen LogP contribution in [-0.4, -0.2) is 101 Å². The molecule has 0 radical (unpaired) electrons. The van der Waals surface area contributed by atoms with E-state index in [4.69, 9.17) is 4.74 Å². The molecule has 7 N–H and O–H groups in total. The molecule has 1 aliphatic heterocycles. The largest absolute Gasteiger partial charge is 0.444 e. The molecule has 46 heavy (non-hydrogen) atoms. The SMILES string of the molecule is CC(C)NC(=O)[C@H](C)NC(=O)[C@H](C)NC(=O)[C@@H](NNC(=O)[C@@H]1CCCN1C(=O)[C@H](C)NC(=O)[C@H](C)NC(=O)OC(C)(C)C)C(C)C. The molecule has 0 saturated carbocycles. The van der Waals surface area contributed by atoms with Gasteiger partial charge in [-0.15, -0.1) is 0 Å². The van der Waals surface area contributed by atoms with Crippen LogP contribution >= 0.6 is 0 Å². The number of alkyl carbamates (subject to hydrolysis) is 1. The van der Waals surface area contributed by atoms with Crippen LogP contribution in [0.25, 0.3) is 0 Å². The van der Waals surface area contributed by atoms with E-state index in [0.717, 1.165) is 0 Å². The highest BCUT2D eigenvalue weighted by Crippen LogP contribution is 2.18. The molecule has 1 fully saturated rings. The molecule has 0 spiro atoms. The van der Waals surface area contributed by atoms with Crippen molar-refractivity contribution in [3.8, 4) is 0 Å². The van der Waals surface area contributed by atoms with E-state index >= 15 is 0 Å². The summed E-state index contributed by atoms with van der Waals surface area (Å²) in [6, 6.07) is -5.62. The van der Waals surface area contributed by atoms with Gasteiger partial charge in [0.2, 0.25) is 29.5 Å². The molecule has 1 aliphatic rings. The maximum absolute atomic E-state index is 13.2. The van der Waals surface area contributed by atoms with Crippen LogP contribution in [0.4, 0.5) is 4.79 Å². The molecule has 0 aromatic carbocycles. The molecule has 0 aromatic heterocycles. The van der Waals surface area contributed by atoms with E-state index in [1.807, 2.05) is 0 Å². The molecule has 1 saturated heterocycles. The van der Waals surface area contributed by atoms with Crippen LogP contribution in [0.15, 0.2) is 0 Å². The van der Waals surface area contributed by atoms with Crippen LogP contribution in [-0.2, 0) is 33.5 Å². The number of carbonyl (C=O) groups excluding carboxylic acids is 7. The van der Waals surface area contributed by atoms with Gasteiger partial charge in [-0.3, -0.25) is 34.2 Å². The quantitative estimate of drug-likeness (QED) is 0.121. The van der Waals surface area contributed by atoms with Gasteiger partial charge in [0.15, 0.2) is 0 Å². The molecule has 0 unspecified atom stereocenters. The van der Waals surface area contributed by atoms with E-state index in [1.54, 1.807) is 48.5 Å². The Morgan fingerprint density at radius 2 is 1.15 bits per heavy atom. The van der Waals surface area contributed by atoms with Gasteiger partial charge in [0.05, 0.1) is 0 Å². The lowest BCUT2D eigenvalue weighted by Crippen LogP contribution is -2.60. The maximum atomic E-state index is 13.2. The fraction of sp³-hybridized carbons (Fsp3) is 0.767. The summed E-state index contributed by atoms with van der Waals surface area (Å²) in [5.74, 6) is -3.39. The van der Waals surface area contributed by atoms with Gasteiger partial charge in [-0.2, -0.15) is 0 Å². The van der Waals surface area contributed by atoms with E-state index in [2.05, 4.69) is 37.4 Å². The normalized spacial score (nSPS) is 18.0. The first kappa shape index (κ1) is 40.1. The Hall–Kier alpha value is -3.95. The molecule has 16 heteroatoms.